The molecule has 0 aliphatic carbocycles. The number of carbonyl (C=O) groups is 1. The molecule has 1 fully saturated rings. The number of likely N-dealkylation sites (tertiary alicyclic amines) is 1. The first kappa shape index (κ1) is 19.8. The summed E-state index contributed by atoms with van der Waals surface area (Å²) in [5, 5.41) is 2.90. The van der Waals surface area contributed by atoms with E-state index in [0.29, 0.717) is 0 Å². The molecule has 0 radical (unpaired) electrons. The van der Waals surface area contributed by atoms with E-state index in [1.807, 2.05) is 18.2 Å². The summed E-state index contributed by atoms with van der Waals surface area (Å²) < 4.78 is 38.1. The largest absolute Gasteiger partial charge is 0.446 e. The molecular weight excluding hydrogens is 373 g/mol. The van der Waals surface area contributed by atoms with Crippen molar-refractivity contribution in [2.75, 3.05) is 13.1 Å². The summed E-state index contributed by atoms with van der Waals surface area (Å²) in [5.74, 6) is -0.441. The molecule has 0 unspecified atom stereocenters. The van der Waals surface area contributed by atoms with E-state index in [1.165, 1.54) is 23.8 Å². The fourth-order valence-electron chi connectivity index (χ4n) is 3.21. The maximum atomic E-state index is 12.7. The predicted molar refractivity (Wildman–Crippen MR) is 101 cm³/mol. The highest BCUT2D eigenvalue weighted by Gasteiger charge is 2.31. The number of benzene rings is 2. The number of piperidine rings is 1. The average Bonchev–Trinajstić information content (AvgIpc) is 2.63. The molecule has 1 amide bonds. The molecule has 0 aromatic heterocycles. The number of nitrogens with zero attached hydrogens (tertiary/aromatic N) is 1. The van der Waals surface area contributed by atoms with Crippen LogP contribution in [0.15, 0.2) is 59.5 Å². The van der Waals surface area contributed by atoms with E-state index in [0.717, 1.165) is 32.5 Å². The Balaban J connectivity index is 1.54. The van der Waals surface area contributed by atoms with Crippen LogP contribution < -0.4 is 5.32 Å². The van der Waals surface area contributed by atoms with Crippen molar-refractivity contribution < 1.29 is 18.0 Å². The Kier molecular flexibility index (Phi) is 6.44. The summed E-state index contributed by atoms with van der Waals surface area (Å²) >= 11 is -0.250. The lowest BCUT2D eigenvalue weighted by Crippen LogP contribution is -2.44. The van der Waals surface area contributed by atoms with E-state index in [1.54, 1.807) is 6.07 Å². The molecule has 1 aliphatic heterocycles. The van der Waals surface area contributed by atoms with E-state index < -0.39 is 11.4 Å². The third-order valence-electron chi connectivity index (χ3n) is 4.53. The summed E-state index contributed by atoms with van der Waals surface area (Å²) in [6.45, 7) is 2.56. The second kappa shape index (κ2) is 8.80. The van der Waals surface area contributed by atoms with Gasteiger partial charge in [-0.3, -0.25) is 9.69 Å². The maximum absolute atomic E-state index is 12.7. The monoisotopic (exact) mass is 394 g/mol. The third kappa shape index (κ3) is 6.01. The molecule has 3 rings (SSSR count). The molecule has 0 bridgehead atoms. The Morgan fingerprint density at radius 3 is 2.33 bits per heavy atom. The summed E-state index contributed by atoms with van der Waals surface area (Å²) in [5.41, 5.74) is -3.09. The van der Waals surface area contributed by atoms with Crippen molar-refractivity contribution in [1.29, 1.82) is 0 Å². The van der Waals surface area contributed by atoms with Gasteiger partial charge in [0.2, 0.25) is 0 Å². The van der Waals surface area contributed by atoms with Crippen LogP contribution in [0.1, 0.15) is 28.8 Å². The van der Waals surface area contributed by atoms with Crippen LogP contribution in [0.25, 0.3) is 0 Å². The number of carbonyl (C=O) groups excluding carboxylic acids is 1. The van der Waals surface area contributed by atoms with Gasteiger partial charge in [-0.2, -0.15) is 13.2 Å². The van der Waals surface area contributed by atoms with E-state index >= 15 is 0 Å². The quantitative estimate of drug-likeness (QED) is 0.747. The molecule has 27 heavy (non-hydrogen) atoms. The molecule has 1 heterocycles. The second-order valence-corrected chi connectivity index (χ2v) is 7.66. The number of amides is 1. The topological polar surface area (TPSA) is 32.3 Å². The zero-order valence-corrected chi connectivity index (χ0v) is 15.5. The first-order chi connectivity index (χ1) is 12.9. The number of alkyl halides is 3. The van der Waals surface area contributed by atoms with Crippen LogP contribution in [-0.2, 0) is 6.54 Å². The minimum Gasteiger partial charge on any atom is -0.349 e. The molecule has 0 spiro atoms. The number of hydrogen-bond donors (Lipinski definition) is 1. The summed E-state index contributed by atoms with van der Waals surface area (Å²) in [6.07, 6.45) is 1.57. The summed E-state index contributed by atoms with van der Waals surface area (Å²) in [4.78, 5) is 14.7. The lowest BCUT2D eigenvalue weighted by Gasteiger charge is -2.32. The van der Waals surface area contributed by atoms with Gasteiger partial charge < -0.3 is 5.32 Å². The van der Waals surface area contributed by atoms with Crippen LogP contribution >= 0.6 is 11.8 Å². The molecule has 2 aromatic rings. The number of halogens is 3. The van der Waals surface area contributed by atoms with Gasteiger partial charge in [0, 0.05) is 30.6 Å². The van der Waals surface area contributed by atoms with Gasteiger partial charge in [0.25, 0.3) is 5.91 Å². The van der Waals surface area contributed by atoms with Crippen LogP contribution in [0.4, 0.5) is 13.2 Å². The fourth-order valence-corrected chi connectivity index (χ4v) is 3.87. The molecule has 1 aliphatic rings. The van der Waals surface area contributed by atoms with Crippen molar-refractivity contribution in [2.24, 2.45) is 0 Å². The molecule has 3 nitrogen and oxygen atoms in total. The SMILES string of the molecule is O=C(NC1CCN(Cc2ccccc2)CC1)c1ccccc1SC(F)(F)F. The van der Waals surface area contributed by atoms with E-state index in [4.69, 9.17) is 0 Å². The van der Waals surface area contributed by atoms with Crippen LogP contribution in [0.2, 0.25) is 0 Å². The maximum Gasteiger partial charge on any atom is 0.446 e. The van der Waals surface area contributed by atoms with Gasteiger partial charge in [-0.25, -0.2) is 0 Å². The summed E-state index contributed by atoms with van der Waals surface area (Å²) in [6, 6.07) is 16.0. The lowest BCUT2D eigenvalue weighted by atomic mass is 10.0. The Hall–Kier alpha value is -1.99. The van der Waals surface area contributed by atoms with E-state index in [9.17, 15) is 18.0 Å². The van der Waals surface area contributed by atoms with Crippen LogP contribution in [0.3, 0.4) is 0 Å². The van der Waals surface area contributed by atoms with Gasteiger partial charge in [-0.05, 0) is 42.3 Å². The fraction of sp³-hybridized carbons (Fsp3) is 0.350. The molecule has 144 valence electrons. The Morgan fingerprint density at radius 1 is 1.04 bits per heavy atom. The normalized spacial score (nSPS) is 16.3. The highest BCUT2D eigenvalue weighted by molar-refractivity contribution is 8.00. The number of rotatable bonds is 5. The van der Waals surface area contributed by atoms with Crippen molar-refractivity contribution in [1.82, 2.24) is 10.2 Å². The molecule has 0 atom stereocenters. The van der Waals surface area contributed by atoms with Gasteiger partial charge in [0.05, 0.1) is 5.56 Å². The molecule has 1 N–H and O–H groups in total. The average molecular weight is 394 g/mol. The first-order valence-corrected chi connectivity index (χ1v) is 9.64. The third-order valence-corrected chi connectivity index (χ3v) is 5.34. The molecule has 0 saturated carbocycles. The lowest BCUT2D eigenvalue weighted by molar-refractivity contribution is -0.0328. The minimum absolute atomic E-state index is 0.0199. The standard InChI is InChI=1S/C20H21F3N2OS/c21-20(22,23)27-18-9-5-4-8-17(18)19(26)24-16-10-12-25(13-11-16)14-15-6-2-1-3-7-15/h1-9,16H,10-14H2,(H,24,26). The van der Waals surface area contributed by atoms with E-state index in [-0.39, 0.29) is 28.3 Å². The summed E-state index contributed by atoms with van der Waals surface area (Å²) in [7, 11) is 0. The van der Waals surface area contributed by atoms with Gasteiger partial charge in [-0.1, -0.05) is 42.5 Å². The van der Waals surface area contributed by atoms with Crippen molar-refractivity contribution in [3.05, 3.63) is 65.7 Å². The van der Waals surface area contributed by atoms with E-state index in [2.05, 4.69) is 22.3 Å². The van der Waals surface area contributed by atoms with Crippen molar-refractivity contribution in [3.63, 3.8) is 0 Å². The number of hydrogen-bond acceptors (Lipinski definition) is 3. The molecule has 7 heteroatoms. The number of thioether (sulfide) groups is 1. The minimum atomic E-state index is -4.42. The van der Waals surface area contributed by atoms with Gasteiger partial charge in [0.1, 0.15) is 0 Å². The Bertz CT molecular complexity index is 759. The van der Waals surface area contributed by atoms with Gasteiger partial charge in [-0.15, -0.1) is 0 Å². The van der Waals surface area contributed by atoms with Crippen LogP contribution in [0, 0.1) is 0 Å². The molecule has 1 saturated heterocycles. The highest BCUT2D eigenvalue weighted by atomic mass is 32.2. The Labute approximate surface area is 160 Å². The van der Waals surface area contributed by atoms with Crippen LogP contribution in [-0.4, -0.2) is 35.4 Å². The number of nitrogens with one attached hydrogen (secondary N) is 1. The predicted octanol–water partition coefficient (Wildman–Crippen LogP) is 4.69. The van der Waals surface area contributed by atoms with Gasteiger partial charge >= 0.3 is 5.51 Å². The molecule has 2 aromatic carbocycles. The second-order valence-electron chi connectivity index (χ2n) is 6.55. The van der Waals surface area contributed by atoms with Gasteiger partial charge in [0.15, 0.2) is 0 Å². The van der Waals surface area contributed by atoms with Crippen molar-refractivity contribution in [3.8, 4) is 0 Å². The zero-order valence-electron chi connectivity index (χ0n) is 14.7. The molecular formula is C20H21F3N2OS. The van der Waals surface area contributed by atoms with Crippen molar-refractivity contribution >= 4 is 17.7 Å². The first-order valence-electron chi connectivity index (χ1n) is 8.82. The smallest absolute Gasteiger partial charge is 0.349 e. The zero-order chi connectivity index (χ0) is 19.3. The highest BCUT2D eigenvalue weighted by Crippen LogP contribution is 2.38. The van der Waals surface area contributed by atoms with Crippen molar-refractivity contribution in [2.45, 2.75) is 35.8 Å². The Morgan fingerprint density at radius 2 is 1.67 bits per heavy atom. The van der Waals surface area contributed by atoms with Crippen LogP contribution in [0.5, 0.6) is 0 Å².